The molecule has 0 spiro atoms. The molecule has 0 unspecified atom stereocenters. The molecule has 0 aliphatic carbocycles. The Bertz CT molecular complexity index is 647. The van der Waals surface area contributed by atoms with Crippen LogP contribution in [0.4, 0.5) is 11.4 Å². The molecule has 0 heterocycles. The summed E-state index contributed by atoms with van der Waals surface area (Å²) in [5, 5.41) is 6.73. The molecule has 6 heteroatoms. The van der Waals surface area contributed by atoms with Gasteiger partial charge in [0.2, 0.25) is 5.91 Å². The Labute approximate surface area is 133 Å². The van der Waals surface area contributed by atoms with Crippen molar-refractivity contribution in [2.75, 3.05) is 24.3 Å². The predicted molar refractivity (Wildman–Crippen MR) is 86.6 cm³/mol. The van der Waals surface area contributed by atoms with E-state index in [1.54, 1.807) is 37.4 Å². The molecule has 1 amide bonds. The molecule has 4 nitrogen and oxygen atoms in total. The Morgan fingerprint density at radius 3 is 2.62 bits per heavy atom. The molecule has 21 heavy (non-hydrogen) atoms. The predicted octanol–water partition coefficient (Wildman–Crippen LogP) is 4.05. The van der Waals surface area contributed by atoms with Gasteiger partial charge in [0.25, 0.3) is 0 Å². The van der Waals surface area contributed by atoms with Gasteiger partial charge in [0.05, 0.1) is 30.1 Å². The second kappa shape index (κ2) is 7.20. The standard InChI is InChI=1S/C15H14Cl2N2O2/c1-21-14-5-3-2-4-13(14)19-15(20)9-18-12-7-6-10(16)8-11(12)17/h2-8,18H,9H2,1H3,(H,19,20). The second-order valence-electron chi connectivity index (χ2n) is 4.23. The average Bonchev–Trinajstić information content (AvgIpc) is 2.47. The Morgan fingerprint density at radius 2 is 1.90 bits per heavy atom. The van der Waals surface area contributed by atoms with Gasteiger partial charge < -0.3 is 15.4 Å². The van der Waals surface area contributed by atoms with Crippen LogP contribution in [0.1, 0.15) is 0 Å². The minimum atomic E-state index is -0.203. The number of nitrogens with one attached hydrogen (secondary N) is 2. The summed E-state index contributed by atoms with van der Waals surface area (Å²) in [6.45, 7) is 0.0827. The third-order valence-electron chi connectivity index (χ3n) is 2.75. The highest BCUT2D eigenvalue weighted by Crippen LogP contribution is 2.25. The lowest BCUT2D eigenvalue weighted by atomic mass is 10.3. The van der Waals surface area contributed by atoms with E-state index in [2.05, 4.69) is 10.6 Å². The fourth-order valence-corrected chi connectivity index (χ4v) is 2.23. The first-order valence-electron chi connectivity index (χ1n) is 6.22. The number of anilines is 2. The fourth-order valence-electron chi connectivity index (χ4n) is 1.75. The lowest BCUT2D eigenvalue weighted by molar-refractivity contribution is -0.114. The van der Waals surface area contributed by atoms with Crippen molar-refractivity contribution in [3.8, 4) is 5.75 Å². The molecule has 0 bridgehead atoms. The maximum absolute atomic E-state index is 11.9. The van der Waals surface area contributed by atoms with Crippen LogP contribution < -0.4 is 15.4 Å². The van der Waals surface area contributed by atoms with Gasteiger partial charge in [0, 0.05) is 5.02 Å². The number of hydrogen-bond donors (Lipinski definition) is 2. The van der Waals surface area contributed by atoms with Gasteiger partial charge in [-0.15, -0.1) is 0 Å². The van der Waals surface area contributed by atoms with E-state index in [0.717, 1.165) is 0 Å². The molecule has 0 aliphatic heterocycles. The average molecular weight is 325 g/mol. The van der Waals surface area contributed by atoms with E-state index >= 15 is 0 Å². The van der Waals surface area contributed by atoms with Crippen LogP contribution in [0, 0.1) is 0 Å². The number of hydrogen-bond acceptors (Lipinski definition) is 3. The molecular formula is C15H14Cl2N2O2. The minimum Gasteiger partial charge on any atom is -0.495 e. The van der Waals surface area contributed by atoms with E-state index in [1.165, 1.54) is 0 Å². The van der Waals surface area contributed by atoms with E-state index in [4.69, 9.17) is 27.9 Å². The van der Waals surface area contributed by atoms with E-state index in [0.29, 0.717) is 27.2 Å². The van der Waals surface area contributed by atoms with Crippen LogP contribution in [0.25, 0.3) is 0 Å². The third kappa shape index (κ3) is 4.28. The van der Waals surface area contributed by atoms with Gasteiger partial charge in [-0.25, -0.2) is 0 Å². The van der Waals surface area contributed by atoms with Gasteiger partial charge in [0.1, 0.15) is 5.75 Å². The molecule has 110 valence electrons. The van der Waals surface area contributed by atoms with Gasteiger partial charge in [0.15, 0.2) is 0 Å². The van der Waals surface area contributed by atoms with Crippen LogP contribution in [0.5, 0.6) is 5.75 Å². The molecule has 0 radical (unpaired) electrons. The van der Waals surface area contributed by atoms with Crippen molar-refractivity contribution in [2.45, 2.75) is 0 Å². The number of halogens is 2. The van der Waals surface area contributed by atoms with E-state index in [1.807, 2.05) is 12.1 Å². The van der Waals surface area contributed by atoms with E-state index < -0.39 is 0 Å². The van der Waals surface area contributed by atoms with Crippen LogP contribution in [-0.2, 0) is 4.79 Å². The molecule has 0 aromatic heterocycles. The Morgan fingerprint density at radius 1 is 1.14 bits per heavy atom. The smallest absolute Gasteiger partial charge is 0.243 e. The highest BCUT2D eigenvalue weighted by Gasteiger charge is 2.08. The number of para-hydroxylation sites is 2. The van der Waals surface area contributed by atoms with Crippen LogP contribution in [-0.4, -0.2) is 19.6 Å². The molecule has 0 saturated heterocycles. The molecule has 2 aromatic carbocycles. The first-order valence-corrected chi connectivity index (χ1v) is 6.97. The second-order valence-corrected chi connectivity index (χ2v) is 5.07. The number of benzene rings is 2. The number of amides is 1. The first-order chi connectivity index (χ1) is 10.1. The normalized spacial score (nSPS) is 10.0. The maximum Gasteiger partial charge on any atom is 0.243 e. The molecule has 2 rings (SSSR count). The summed E-state index contributed by atoms with van der Waals surface area (Å²) < 4.78 is 5.17. The van der Waals surface area contributed by atoms with Gasteiger partial charge in [-0.05, 0) is 30.3 Å². The van der Waals surface area contributed by atoms with Crippen molar-refractivity contribution in [3.63, 3.8) is 0 Å². The number of carbonyl (C=O) groups is 1. The van der Waals surface area contributed by atoms with Gasteiger partial charge in [-0.2, -0.15) is 0 Å². The zero-order valence-electron chi connectivity index (χ0n) is 11.3. The summed E-state index contributed by atoms with van der Waals surface area (Å²) in [7, 11) is 1.55. The van der Waals surface area contributed by atoms with Crippen molar-refractivity contribution < 1.29 is 9.53 Å². The summed E-state index contributed by atoms with van der Waals surface area (Å²) >= 11 is 11.8. The van der Waals surface area contributed by atoms with E-state index in [9.17, 15) is 4.79 Å². The Hall–Kier alpha value is -1.91. The van der Waals surface area contributed by atoms with Crippen molar-refractivity contribution in [1.29, 1.82) is 0 Å². The van der Waals surface area contributed by atoms with Gasteiger partial charge >= 0.3 is 0 Å². The Kier molecular flexibility index (Phi) is 5.31. The van der Waals surface area contributed by atoms with Crippen LogP contribution >= 0.6 is 23.2 Å². The van der Waals surface area contributed by atoms with Gasteiger partial charge in [-0.3, -0.25) is 4.79 Å². The number of methoxy groups -OCH3 is 1. The Balaban J connectivity index is 1.96. The monoisotopic (exact) mass is 324 g/mol. The summed E-state index contributed by atoms with van der Waals surface area (Å²) in [5.74, 6) is 0.404. The molecular weight excluding hydrogens is 311 g/mol. The first kappa shape index (κ1) is 15.5. The molecule has 0 saturated carbocycles. The summed E-state index contributed by atoms with van der Waals surface area (Å²) in [4.78, 5) is 11.9. The highest BCUT2D eigenvalue weighted by molar-refractivity contribution is 6.36. The fraction of sp³-hybridized carbons (Fsp3) is 0.133. The van der Waals surface area contributed by atoms with Crippen molar-refractivity contribution in [1.82, 2.24) is 0 Å². The number of carbonyl (C=O) groups excluding carboxylic acids is 1. The molecule has 2 aromatic rings. The topological polar surface area (TPSA) is 50.4 Å². The minimum absolute atomic E-state index is 0.0827. The molecule has 0 fully saturated rings. The van der Waals surface area contributed by atoms with Crippen molar-refractivity contribution in [2.24, 2.45) is 0 Å². The summed E-state index contributed by atoms with van der Waals surface area (Å²) in [5.41, 5.74) is 1.27. The van der Waals surface area contributed by atoms with Crippen molar-refractivity contribution in [3.05, 3.63) is 52.5 Å². The maximum atomic E-state index is 11.9. The summed E-state index contributed by atoms with van der Waals surface area (Å²) in [6.07, 6.45) is 0. The van der Waals surface area contributed by atoms with Crippen molar-refractivity contribution >= 4 is 40.5 Å². The highest BCUT2D eigenvalue weighted by atomic mass is 35.5. The zero-order valence-corrected chi connectivity index (χ0v) is 12.8. The zero-order chi connectivity index (χ0) is 15.2. The lowest BCUT2D eigenvalue weighted by Crippen LogP contribution is -2.22. The van der Waals surface area contributed by atoms with Crippen LogP contribution in [0.3, 0.4) is 0 Å². The summed E-state index contributed by atoms with van der Waals surface area (Å²) in [6, 6.07) is 12.2. The van der Waals surface area contributed by atoms with E-state index in [-0.39, 0.29) is 12.5 Å². The lowest BCUT2D eigenvalue weighted by Gasteiger charge is -2.11. The molecule has 0 aliphatic rings. The third-order valence-corrected chi connectivity index (χ3v) is 3.30. The quantitative estimate of drug-likeness (QED) is 0.872. The molecule has 0 atom stereocenters. The molecule has 2 N–H and O–H groups in total. The largest absolute Gasteiger partial charge is 0.495 e. The van der Waals surface area contributed by atoms with Crippen LogP contribution in [0.15, 0.2) is 42.5 Å². The number of ether oxygens (including phenoxy) is 1. The van der Waals surface area contributed by atoms with Gasteiger partial charge in [-0.1, -0.05) is 35.3 Å². The number of rotatable bonds is 5. The SMILES string of the molecule is COc1ccccc1NC(=O)CNc1ccc(Cl)cc1Cl. The van der Waals surface area contributed by atoms with Crippen LogP contribution in [0.2, 0.25) is 10.0 Å².